The van der Waals surface area contributed by atoms with Gasteiger partial charge in [-0.3, -0.25) is 4.99 Å². The number of hydrogen-bond acceptors (Lipinski definition) is 2. The molecular weight excluding hydrogens is 184 g/mol. The van der Waals surface area contributed by atoms with Gasteiger partial charge in [0.1, 0.15) is 0 Å². The Bertz CT molecular complexity index is 360. The highest BCUT2D eigenvalue weighted by molar-refractivity contribution is 5.80. The molecule has 0 radical (unpaired) electrons. The molecule has 1 rings (SSSR count). The fraction of sp³-hybridized carbons (Fsp3) is 0.538. The quantitative estimate of drug-likeness (QED) is 0.642. The van der Waals surface area contributed by atoms with Gasteiger partial charge >= 0.3 is 0 Å². The van der Waals surface area contributed by atoms with E-state index in [9.17, 15) is 0 Å². The maximum absolute atomic E-state index is 8.52. The van der Waals surface area contributed by atoms with E-state index < -0.39 is 0 Å². The highest BCUT2D eigenvalue weighted by Crippen LogP contribution is 2.27. The number of rotatable bonds is 3. The van der Waals surface area contributed by atoms with E-state index in [1.807, 2.05) is 13.8 Å². The second-order valence-corrected chi connectivity index (χ2v) is 4.15. The molecule has 0 unspecified atom stereocenters. The molecule has 0 atom stereocenters. The predicted octanol–water partition coefficient (Wildman–Crippen LogP) is 3.77. The molecule has 1 aliphatic rings. The summed E-state index contributed by atoms with van der Waals surface area (Å²) in [4.78, 5) is 4.52. The van der Waals surface area contributed by atoms with Crippen LogP contribution in [0.1, 0.15) is 46.5 Å². The van der Waals surface area contributed by atoms with Crippen molar-refractivity contribution in [1.82, 2.24) is 0 Å². The molecule has 2 nitrogen and oxygen atoms in total. The Labute approximate surface area is 92.0 Å². The first kappa shape index (κ1) is 11.7. The number of nitrogens with zero attached hydrogens (tertiary/aromatic N) is 2. The molecule has 0 fully saturated rings. The van der Waals surface area contributed by atoms with Crippen molar-refractivity contribution in [1.29, 1.82) is 5.26 Å². The number of hydrogen-bond donors (Lipinski definition) is 0. The van der Waals surface area contributed by atoms with Crippen molar-refractivity contribution in [3.63, 3.8) is 0 Å². The topological polar surface area (TPSA) is 36.1 Å². The maximum Gasteiger partial charge on any atom is 0.0625 e. The first-order valence-electron chi connectivity index (χ1n) is 5.41. The summed E-state index contributed by atoms with van der Waals surface area (Å²) in [6.07, 6.45) is 5.82. The Hall–Kier alpha value is -1.36. The Morgan fingerprint density at radius 1 is 1.47 bits per heavy atom. The van der Waals surface area contributed by atoms with Crippen molar-refractivity contribution in [2.45, 2.75) is 46.5 Å². The molecule has 15 heavy (non-hydrogen) atoms. The van der Waals surface area contributed by atoms with E-state index >= 15 is 0 Å². The second-order valence-electron chi connectivity index (χ2n) is 4.15. The summed E-state index contributed by atoms with van der Waals surface area (Å²) in [7, 11) is 0. The fourth-order valence-corrected chi connectivity index (χ4v) is 1.77. The van der Waals surface area contributed by atoms with Crippen LogP contribution >= 0.6 is 0 Å². The molecule has 0 aromatic carbocycles. The predicted molar refractivity (Wildman–Crippen MR) is 63.6 cm³/mol. The standard InChI is InChI=1S/C13H18N2/c1-10(2)15-13-7-6-12(5-4-8-14)9-11(13)3/h9H,4-7H2,1-3H3. The molecule has 0 spiro atoms. The summed E-state index contributed by atoms with van der Waals surface area (Å²) in [6, 6.07) is 2.19. The van der Waals surface area contributed by atoms with Crippen LogP contribution in [0.3, 0.4) is 0 Å². The minimum absolute atomic E-state index is 0.629. The van der Waals surface area contributed by atoms with Crippen molar-refractivity contribution in [3.8, 4) is 6.07 Å². The normalized spacial score (nSPS) is 15.7. The third-order valence-corrected chi connectivity index (χ3v) is 2.48. The maximum atomic E-state index is 8.52. The van der Waals surface area contributed by atoms with Gasteiger partial charge in [0.2, 0.25) is 0 Å². The van der Waals surface area contributed by atoms with Gasteiger partial charge in [-0.1, -0.05) is 11.6 Å². The minimum atomic E-state index is 0.629. The zero-order chi connectivity index (χ0) is 11.3. The van der Waals surface area contributed by atoms with Crippen LogP contribution in [-0.2, 0) is 0 Å². The first-order valence-corrected chi connectivity index (χ1v) is 5.41. The zero-order valence-electron chi connectivity index (χ0n) is 9.80. The van der Waals surface area contributed by atoms with Crippen molar-refractivity contribution in [2.75, 3.05) is 0 Å². The smallest absolute Gasteiger partial charge is 0.0625 e. The van der Waals surface area contributed by atoms with E-state index in [0.29, 0.717) is 6.42 Å². The van der Waals surface area contributed by atoms with Gasteiger partial charge in [0.05, 0.1) is 6.07 Å². The molecule has 0 saturated carbocycles. The summed E-state index contributed by atoms with van der Waals surface area (Å²) in [5, 5.41) is 8.52. The second kappa shape index (κ2) is 5.50. The van der Waals surface area contributed by atoms with E-state index in [1.54, 1.807) is 0 Å². The van der Waals surface area contributed by atoms with Crippen LogP contribution in [0.2, 0.25) is 0 Å². The van der Waals surface area contributed by atoms with Crippen LogP contribution in [0.5, 0.6) is 0 Å². The summed E-state index contributed by atoms with van der Waals surface area (Å²) in [5.41, 5.74) is 4.96. The largest absolute Gasteiger partial charge is 0.263 e. The third-order valence-electron chi connectivity index (χ3n) is 2.48. The van der Waals surface area contributed by atoms with E-state index in [0.717, 1.165) is 25.0 Å². The van der Waals surface area contributed by atoms with Crippen molar-refractivity contribution < 1.29 is 0 Å². The lowest BCUT2D eigenvalue weighted by Crippen LogP contribution is -1.98. The Morgan fingerprint density at radius 2 is 2.20 bits per heavy atom. The van der Waals surface area contributed by atoms with E-state index in [1.165, 1.54) is 16.8 Å². The SMILES string of the molecule is CC(C)=NC1=C(C)C=C(CCC#N)CC1. The van der Waals surface area contributed by atoms with Crippen LogP contribution in [0.15, 0.2) is 27.9 Å². The molecule has 0 aromatic rings. The monoisotopic (exact) mass is 202 g/mol. The Morgan fingerprint density at radius 3 is 2.73 bits per heavy atom. The van der Waals surface area contributed by atoms with E-state index in [2.05, 4.69) is 24.1 Å². The Balaban J connectivity index is 2.75. The lowest BCUT2D eigenvalue weighted by atomic mass is 9.94. The van der Waals surface area contributed by atoms with Crippen LogP contribution in [0, 0.1) is 11.3 Å². The average molecular weight is 202 g/mol. The van der Waals surface area contributed by atoms with Gasteiger partial charge in [-0.25, -0.2) is 0 Å². The average Bonchev–Trinajstić information content (AvgIpc) is 2.18. The van der Waals surface area contributed by atoms with Crippen LogP contribution in [0.4, 0.5) is 0 Å². The number of allylic oxidation sites excluding steroid dienone is 4. The molecule has 0 heterocycles. The summed E-state index contributed by atoms with van der Waals surface area (Å²) in [5.74, 6) is 0. The fourth-order valence-electron chi connectivity index (χ4n) is 1.77. The molecule has 0 saturated heterocycles. The summed E-state index contributed by atoms with van der Waals surface area (Å²) in [6.45, 7) is 6.15. The van der Waals surface area contributed by atoms with Crippen molar-refractivity contribution in [3.05, 3.63) is 22.9 Å². The minimum Gasteiger partial charge on any atom is -0.263 e. The van der Waals surface area contributed by atoms with Gasteiger partial charge in [0.25, 0.3) is 0 Å². The molecule has 0 amide bonds. The molecular formula is C13H18N2. The van der Waals surface area contributed by atoms with Gasteiger partial charge < -0.3 is 0 Å². The highest BCUT2D eigenvalue weighted by Gasteiger charge is 2.09. The van der Waals surface area contributed by atoms with Gasteiger partial charge in [0.15, 0.2) is 0 Å². The van der Waals surface area contributed by atoms with Gasteiger partial charge in [-0.15, -0.1) is 0 Å². The summed E-state index contributed by atoms with van der Waals surface area (Å²) < 4.78 is 0. The van der Waals surface area contributed by atoms with Crippen LogP contribution in [-0.4, -0.2) is 5.71 Å². The molecule has 0 bridgehead atoms. The number of aliphatic imine (C=N–C) groups is 1. The van der Waals surface area contributed by atoms with Gasteiger partial charge in [0, 0.05) is 17.8 Å². The van der Waals surface area contributed by atoms with E-state index in [-0.39, 0.29) is 0 Å². The molecule has 0 aromatic heterocycles. The number of nitriles is 1. The lowest BCUT2D eigenvalue weighted by Gasteiger charge is -2.15. The Kier molecular flexibility index (Phi) is 4.30. The van der Waals surface area contributed by atoms with Gasteiger partial charge in [-0.2, -0.15) is 5.26 Å². The van der Waals surface area contributed by atoms with Gasteiger partial charge in [-0.05, 0) is 45.6 Å². The molecule has 0 aliphatic heterocycles. The zero-order valence-corrected chi connectivity index (χ0v) is 9.80. The third kappa shape index (κ3) is 3.71. The highest BCUT2D eigenvalue weighted by atomic mass is 14.8. The van der Waals surface area contributed by atoms with Crippen LogP contribution < -0.4 is 0 Å². The van der Waals surface area contributed by atoms with Crippen LogP contribution in [0.25, 0.3) is 0 Å². The first-order chi connectivity index (χ1) is 7.13. The molecule has 2 heteroatoms. The lowest BCUT2D eigenvalue weighted by molar-refractivity contribution is 0.811. The summed E-state index contributed by atoms with van der Waals surface area (Å²) >= 11 is 0. The van der Waals surface area contributed by atoms with Crippen molar-refractivity contribution in [2.24, 2.45) is 4.99 Å². The molecule has 0 N–H and O–H groups in total. The molecule has 1 aliphatic carbocycles. The molecule has 80 valence electrons. The van der Waals surface area contributed by atoms with Crippen molar-refractivity contribution >= 4 is 5.71 Å². The van der Waals surface area contributed by atoms with E-state index in [4.69, 9.17) is 5.26 Å².